The molecule has 0 unspecified atom stereocenters. The van der Waals surface area contributed by atoms with Crippen LogP contribution in [0.5, 0.6) is 0 Å². The van der Waals surface area contributed by atoms with Crippen molar-refractivity contribution in [2.24, 2.45) is 0 Å². The lowest BCUT2D eigenvalue weighted by Crippen LogP contribution is -2.01. The van der Waals surface area contributed by atoms with Gasteiger partial charge in [0.25, 0.3) is 0 Å². The summed E-state index contributed by atoms with van der Waals surface area (Å²) in [6, 6.07) is 3.03. The highest BCUT2D eigenvalue weighted by molar-refractivity contribution is 5.70. The minimum absolute atomic E-state index is 0.119. The molecule has 3 nitrogen and oxygen atoms in total. The van der Waals surface area contributed by atoms with Crippen LogP contribution in [-0.4, -0.2) is 16.6 Å². The van der Waals surface area contributed by atoms with Crippen LogP contribution in [0.2, 0.25) is 0 Å². The van der Waals surface area contributed by atoms with Gasteiger partial charge in [-0.3, -0.25) is 4.57 Å². The van der Waals surface area contributed by atoms with Crippen molar-refractivity contribution < 1.29 is 8.78 Å². The minimum atomic E-state index is -0.903. The van der Waals surface area contributed by atoms with Crippen molar-refractivity contribution in [2.75, 3.05) is 12.4 Å². The number of nitrogens with zero attached hydrogens (tertiary/aromatic N) is 2. The zero-order chi connectivity index (χ0) is 15.6. The zero-order valence-corrected chi connectivity index (χ0v) is 12.2. The SMILES string of the molecule is C=C(C)c1ncc(-c2ccc(NC)c(F)c2F)n1/C=C\C. The van der Waals surface area contributed by atoms with Crippen LogP contribution >= 0.6 is 0 Å². The van der Waals surface area contributed by atoms with Crippen LogP contribution in [0.25, 0.3) is 23.0 Å². The van der Waals surface area contributed by atoms with Gasteiger partial charge in [0, 0.05) is 18.8 Å². The number of imidazole rings is 1. The Morgan fingerprint density at radius 3 is 2.62 bits per heavy atom. The molecule has 1 N–H and O–H groups in total. The number of hydrogen-bond donors (Lipinski definition) is 1. The van der Waals surface area contributed by atoms with Gasteiger partial charge in [-0.2, -0.15) is 0 Å². The summed E-state index contributed by atoms with van der Waals surface area (Å²) in [7, 11) is 1.54. The fourth-order valence-corrected chi connectivity index (χ4v) is 2.12. The highest BCUT2D eigenvalue weighted by Gasteiger charge is 2.18. The third kappa shape index (κ3) is 2.59. The van der Waals surface area contributed by atoms with E-state index in [1.165, 1.54) is 18.3 Å². The number of allylic oxidation sites excluding steroid dienone is 2. The van der Waals surface area contributed by atoms with Gasteiger partial charge in [0.2, 0.25) is 0 Å². The van der Waals surface area contributed by atoms with Crippen LogP contribution in [0.4, 0.5) is 14.5 Å². The lowest BCUT2D eigenvalue weighted by molar-refractivity contribution is 0.513. The third-order valence-electron chi connectivity index (χ3n) is 3.10. The molecular formula is C16H17F2N3. The smallest absolute Gasteiger partial charge is 0.182 e. The average Bonchev–Trinajstić information content (AvgIpc) is 2.86. The quantitative estimate of drug-likeness (QED) is 0.904. The van der Waals surface area contributed by atoms with Gasteiger partial charge in [-0.15, -0.1) is 0 Å². The summed E-state index contributed by atoms with van der Waals surface area (Å²) in [6.07, 6.45) is 5.06. The first-order valence-corrected chi connectivity index (χ1v) is 6.53. The van der Waals surface area contributed by atoms with E-state index in [9.17, 15) is 8.78 Å². The molecule has 0 bridgehead atoms. The molecule has 0 saturated heterocycles. The number of hydrogen-bond acceptors (Lipinski definition) is 2. The van der Waals surface area contributed by atoms with E-state index in [4.69, 9.17) is 0 Å². The molecule has 1 aromatic carbocycles. The van der Waals surface area contributed by atoms with Gasteiger partial charge in [-0.25, -0.2) is 13.8 Å². The molecule has 0 atom stereocenters. The predicted octanol–water partition coefficient (Wildman–Crippen LogP) is 4.39. The van der Waals surface area contributed by atoms with Gasteiger partial charge in [0.1, 0.15) is 5.82 Å². The van der Waals surface area contributed by atoms with Crippen molar-refractivity contribution in [1.29, 1.82) is 0 Å². The number of halogens is 2. The Hall–Kier alpha value is -2.43. The predicted molar refractivity (Wildman–Crippen MR) is 82.8 cm³/mol. The fraction of sp³-hybridized carbons (Fsp3) is 0.188. The second kappa shape index (κ2) is 5.91. The lowest BCUT2D eigenvalue weighted by atomic mass is 10.1. The molecule has 5 heteroatoms. The number of nitrogens with one attached hydrogen (secondary N) is 1. The highest BCUT2D eigenvalue weighted by atomic mass is 19.2. The van der Waals surface area contributed by atoms with Gasteiger partial charge in [-0.05, 0) is 31.6 Å². The molecule has 0 aliphatic carbocycles. The lowest BCUT2D eigenvalue weighted by Gasteiger charge is -2.10. The number of aromatic nitrogens is 2. The average molecular weight is 289 g/mol. The largest absolute Gasteiger partial charge is 0.386 e. The molecular weight excluding hydrogens is 272 g/mol. The van der Waals surface area contributed by atoms with Gasteiger partial charge in [0.05, 0.1) is 17.6 Å². The molecule has 2 rings (SSSR count). The number of anilines is 1. The molecule has 0 aliphatic heterocycles. The summed E-state index contributed by atoms with van der Waals surface area (Å²) in [5.74, 6) is -1.19. The molecule has 110 valence electrons. The molecule has 0 amide bonds. The monoisotopic (exact) mass is 289 g/mol. The molecule has 0 spiro atoms. The third-order valence-corrected chi connectivity index (χ3v) is 3.10. The standard InChI is InChI=1S/C16H17F2N3/c1-5-8-21-13(9-20-16(21)10(2)3)11-6-7-12(19-4)15(18)14(11)17/h5-9,19H,2H2,1,3-4H3/b8-5-. The molecule has 0 fully saturated rings. The Bertz CT molecular complexity index is 715. The maximum Gasteiger partial charge on any atom is 0.182 e. The minimum Gasteiger partial charge on any atom is -0.386 e. The molecule has 0 aliphatic rings. The van der Waals surface area contributed by atoms with Gasteiger partial charge < -0.3 is 5.32 Å². The van der Waals surface area contributed by atoms with Crippen LogP contribution in [0.15, 0.2) is 31.0 Å². The molecule has 1 aromatic heterocycles. The van der Waals surface area contributed by atoms with Crippen LogP contribution in [0.1, 0.15) is 19.7 Å². The molecule has 0 saturated carbocycles. The van der Waals surface area contributed by atoms with Crippen LogP contribution in [0.3, 0.4) is 0 Å². The Morgan fingerprint density at radius 1 is 1.33 bits per heavy atom. The Kier molecular flexibility index (Phi) is 4.21. The number of rotatable bonds is 4. The van der Waals surface area contributed by atoms with Crippen molar-refractivity contribution in [3.05, 3.63) is 48.4 Å². The first-order chi connectivity index (χ1) is 10.0. The van der Waals surface area contributed by atoms with E-state index in [2.05, 4.69) is 16.9 Å². The maximum atomic E-state index is 14.3. The molecule has 2 aromatic rings. The molecule has 1 heterocycles. The zero-order valence-electron chi connectivity index (χ0n) is 12.2. The van der Waals surface area contributed by atoms with Crippen LogP contribution in [0, 0.1) is 11.6 Å². The van der Waals surface area contributed by atoms with E-state index in [0.29, 0.717) is 11.5 Å². The van der Waals surface area contributed by atoms with E-state index in [1.807, 2.05) is 13.8 Å². The van der Waals surface area contributed by atoms with E-state index in [1.54, 1.807) is 23.9 Å². The first kappa shape index (κ1) is 15.0. The Labute approximate surface area is 122 Å². The summed E-state index contributed by atoms with van der Waals surface area (Å²) in [6.45, 7) is 7.50. The normalized spacial score (nSPS) is 11.1. The van der Waals surface area contributed by atoms with E-state index < -0.39 is 11.6 Å². The highest BCUT2D eigenvalue weighted by Crippen LogP contribution is 2.30. The summed E-state index contributed by atoms with van der Waals surface area (Å²) in [5, 5.41) is 2.61. The molecule has 0 radical (unpaired) electrons. The summed E-state index contributed by atoms with van der Waals surface area (Å²) < 4.78 is 29.9. The summed E-state index contributed by atoms with van der Waals surface area (Å²) in [4.78, 5) is 4.23. The van der Waals surface area contributed by atoms with Crippen molar-refractivity contribution in [2.45, 2.75) is 13.8 Å². The van der Waals surface area contributed by atoms with Crippen molar-refractivity contribution in [3.8, 4) is 11.3 Å². The van der Waals surface area contributed by atoms with E-state index >= 15 is 0 Å². The van der Waals surface area contributed by atoms with Crippen molar-refractivity contribution in [1.82, 2.24) is 9.55 Å². The van der Waals surface area contributed by atoms with Crippen molar-refractivity contribution in [3.63, 3.8) is 0 Å². The molecule has 21 heavy (non-hydrogen) atoms. The number of benzene rings is 1. The van der Waals surface area contributed by atoms with Gasteiger partial charge >= 0.3 is 0 Å². The Balaban J connectivity index is 2.68. The first-order valence-electron chi connectivity index (χ1n) is 6.53. The summed E-state index contributed by atoms with van der Waals surface area (Å²) in [5.41, 5.74) is 1.50. The topological polar surface area (TPSA) is 29.9 Å². The van der Waals surface area contributed by atoms with Crippen molar-refractivity contribution >= 4 is 17.5 Å². The van der Waals surface area contributed by atoms with E-state index in [-0.39, 0.29) is 11.3 Å². The second-order valence-electron chi connectivity index (χ2n) is 4.64. The fourth-order valence-electron chi connectivity index (χ4n) is 2.12. The summed E-state index contributed by atoms with van der Waals surface area (Å²) >= 11 is 0. The second-order valence-corrected chi connectivity index (χ2v) is 4.64. The van der Waals surface area contributed by atoms with Gasteiger partial charge in [-0.1, -0.05) is 12.7 Å². The Morgan fingerprint density at radius 2 is 2.05 bits per heavy atom. The van der Waals surface area contributed by atoms with Gasteiger partial charge in [0.15, 0.2) is 11.6 Å². The van der Waals surface area contributed by atoms with Crippen LogP contribution in [-0.2, 0) is 0 Å². The van der Waals surface area contributed by atoms with E-state index in [0.717, 1.165) is 5.57 Å². The maximum absolute atomic E-state index is 14.3. The van der Waals surface area contributed by atoms with Crippen LogP contribution < -0.4 is 5.32 Å².